The van der Waals surface area contributed by atoms with E-state index in [1.54, 1.807) is 18.0 Å². The third-order valence-corrected chi connectivity index (χ3v) is 4.06. The molecule has 0 aliphatic carbocycles. The van der Waals surface area contributed by atoms with Gasteiger partial charge in [0, 0.05) is 17.3 Å². The van der Waals surface area contributed by atoms with Crippen LogP contribution in [0.2, 0.25) is 0 Å². The van der Waals surface area contributed by atoms with Gasteiger partial charge in [-0.1, -0.05) is 30.3 Å². The number of benzene rings is 2. The van der Waals surface area contributed by atoms with Gasteiger partial charge in [0.25, 0.3) is 0 Å². The van der Waals surface area contributed by atoms with Crippen LogP contribution >= 0.6 is 12.2 Å². The van der Waals surface area contributed by atoms with Crippen molar-refractivity contribution < 1.29 is 9.47 Å². The van der Waals surface area contributed by atoms with Crippen LogP contribution in [-0.2, 0) is 0 Å². The van der Waals surface area contributed by atoms with E-state index in [1.165, 1.54) is 0 Å². The molecule has 0 saturated carbocycles. The number of para-hydroxylation sites is 1. The molecule has 7 heteroatoms. The van der Waals surface area contributed by atoms with E-state index in [0.717, 1.165) is 22.6 Å². The molecule has 1 N–H and O–H groups in total. The Balaban J connectivity index is 1.85. The number of allylic oxidation sites excluding steroid dienone is 1. The third kappa shape index (κ3) is 4.75. The molecule has 1 heterocycles. The number of nitrogens with one attached hydrogen (secondary N) is 1. The molecule has 28 heavy (non-hydrogen) atoms. The van der Waals surface area contributed by atoms with Gasteiger partial charge in [-0.3, -0.25) is 0 Å². The maximum Gasteiger partial charge on any atom is 0.216 e. The second-order valence-electron chi connectivity index (χ2n) is 6.22. The van der Waals surface area contributed by atoms with Crippen molar-refractivity contribution >= 4 is 24.5 Å². The highest BCUT2D eigenvalue weighted by atomic mass is 32.1. The van der Waals surface area contributed by atoms with Crippen molar-refractivity contribution in [3.05, 3.63) is 64.9 Å². The average Bonchev–Trinajstić information content (AvgIpc) is 3.06. The van der Waals surface area contributed by atoms with E-state index in [1.807, 2.05) is 74.5 Å². The fourth-order valence-corrected chi connectivity index (χ4v) is 2.80. The summed E-state index contributed by atoms with van der Waals surface area (Å²) in [6, 6.07) is 15.4. The summed E-state index contributed by atoms with van der Waals surface area (Å²) in [5.74, 6) is 2.18. The first-order valence-corrected chi connectivity index (χ1v) is 9.28. The zero-order valence-electron chi connectivity index (χ0n) is 16.0. The van der Waals surface area contributed by atoms with E-state index in [0.29, 0.717) is 10.6 Å². The summed E-state index contributed by atoms with van der Waals surface area (Å²) in [4.78, 5) is 0. The summed E-state index contributed by atoms with van der Waals surface area (Å²) in [6.07, 6.45) is 5.50. The van der Waals surface area contributed by atoms with E-state index in [4.69, 9.17) is 21.7 Å². The smallest absolute Gasteiger partial charge is 0.216 e. The average molecular weight is 395 g/mol. The number of hydrogen-bond donors (Lipinski definition) is 1. The molecule has 0 saturated heterocycles. The molecule has 0 spiro atoms. The number of nitrogens with zero attached hydrogens (tertiary/aromatic N) is 3. The van der Waals surface area contributed by atoms with Gasteiger partial charge in [0.1, 0.15) is 11.5 Å². The molecule has 0 bridgehead atoms. The maximum absolute atomic E-state index is 5.76. The fourth-order valence-electron chi connectivity index (χ4n) is 2.62. The lowest BCUT2D eigenvalue weighted by molar-refractivity contribution is 0.242. The Morgan fingerprint density at radius 1 is 1.18 bits per heavy atom. The molecule has 0 amide bonds. The maximum atomic E-state index is 5.76. The Kier molecular flexibility index (Phi) is 6.39. The SMILES string of the molecule is COc1ccccc1/C=C/C=N\n1c(-c2cccc(OC(C)C)c2)n[nH]c1=S. The third-order valence-electron chi connectivity index (χ3n) is 3.80. The fraction of sp³-hybridized carbons (Fsp3) is 0.190. The first-order chi connectivity index (χ1) is 13.6. The quantitative estimate of drug-likeness (QED) is 0.455. The van der Waals surface area contributed by atoms with Crippen molar-refractivity contribution in [2.75, 3.05) is 7.11 Å². The van der Waals surface area contributed by atoms with Crippen molar-refractivity contribution in [1.29, 1.82) is 0 Å². The minimum Gasteiger partial charge on any atom is -0.496 e. The molecule has 144 valence electrons. The summed E-state index contributed by atoms with van der Waals surface area (Å²) in [6.45, 7) is 3.97. The van der Waals surface area contributed by atoms with Crippen LogP contribution in [-0.4, -0.2) is 34.3 Å². The van der Waals surface area contributed by atoms with Crippen molar-refractivity contribution in [1.82, 2.24) is 14.9 Å². The standard InChI is InChI=1S/C21H22N4O2S/c1-15(2)27-18-11-6-9-17(14-18)20-23-24-21(28)25(20)22-13-7-10-16-8-4-5-12-19(16)26-3/h4-15H,1-3H3,(H,24,28)/b10-7+,22-13-. The van der Waals surface area contributed by atoms with Crippen LogP contribution in [0.25, 0.3) is 17.5 Å². The largest absolute Gasteiger partial charge is 0.496 e. The van der Waals surface area contributed by atoms with Gasteiger partial charge in [-0.15, -0.1) is 0 Å². The molecule has 0 atom stereocenters. The molecule has 2 aromatic carbocycles. The molecule has 6 nitrogen and oxygen atoms in total. The summed E-state index contributed by atoms with van der Waals surface area (Å²) in [5, 5.41) is 11.5. The Labute approximate surface area is 169 Å². The van der Waals surface area contributed by atoms with Crippen LogP contribution in [0.15, 0.2) is 59.7 Å². The number of ether oxygens (including phenoxy) is 2. The molecular weight excluding hydrogens is 372 g/mol. The summed E-state index contributed by atoms with van der Waals surface area (Å²) in [5.41, 5.74) is 1.82. The second-order valence-corrected chi connectivity index (χ2v) is 6.61. The van der Waals surface area contributed by atoms with Gasteiger partial charge in [-0.05, 0) is 56.4 Å². The van der Waals surface area contributed by atoms with Crippen molar-refractivity contribution in [2.45, 2.75) is 20.0 Å². The molecule has 0 radical (unpaired) electrons. The predicted octanol–water partition coefficient (Wildman–Crippen LogP) is 4.95. The first-order valence-electron chi connectivity index (χ1n) is 8.87. The van der Waals surface area contributed by atoms with Crippen LogP contribution in [0.3, 0.4) is 0 Å². The molecule has 0 fully saturated rings. The van der Waals surface area contributed by atoms with Gasteiger partial charge < -0.3 is 9.47 Å². The summed E-state index contributed by atoms with van der Waals surface area (Å²) in [7, 11) is 1.65. The number of H-pyrrole nitrogens is 1. The summed E-state index contributed by atoms with van der Waals surface area (Å²) < 4.78 is 13.1. The molecular formula is C21H22N4O2S. The molecule has 0 aliphatic rings. The lowest BCUT2D eigenvalue weighted by atomic mass is 10.2. The molecule has 0 unspecified atom stereocenters. The lowest BCUT2D eigenvalue weighted by Gasteiger charge is -2.10. The van der Waals surface area contributed by atoms with Crippen molar-refractivity contribution in [2.24, 2.45) is 5.10 Å². The minimum atomic E-state index is 0.0919. The van der Waals surface area contributed by atoms with Gasteiger partial charge in [-0.2, -0.15) is 14.9 Å². The van der Waals surface area contributed by atoms with Gasteiger partial charge in [0.2, 0.25) is 4.77 Å². The van der Waals surface area contributed by atoms with Crippen LogP contribution in [0, 0.1) is 4.77 Å². The number of methoxy groups -OCH3 is 1. The highest BCUT2D eigenvalue weighted by Gasteiger charge is 2.09. The Bertz CT molecular complexity index is 1050. The highest BCUT2D eigenvalue weighted by Crippen LogP contribution is 2.23. The normalized spacial score (nSPS) is 11.6. The van der Waals surface area contributed by atoms with E-state index in [-0.39, 0.29) is 6.10 Å². The number of aromatic amines is 1. The zero-order valence-corrected chi connectivity index (χ0v) is 16.8. The second kappa shape index (κ2) is 9.14. The topological polar surface area (TPSA) is 64.4 Å². The summed E-state index contributed by atoms with van der Waals surface area (Å²) >= 11 is 5.31. The van der Waals surface area contributed by atoms with Gasteiger partial charge >= 0.3 is 0 Å². The molecule has 3 aromatic rings. The Hall–Kier alpha value is -3.19. The number of aromatic nitrogens is 3. The van der Waals surface area contributed by atoms with Crippen molar-refractivity contribution in [3.8, 4) is 22.9 Å². The Morgan fingerprint density at radius 2 is 2.00 bits per heavy atom. The molecule has 3 rings (SSSR count). The first kappa shape index (κ1) is 19.6. The molecule has 0 aliphatic heterocycles. The number of hydrogen-bond acceptors (Lipinski definition) is 5. The monoisotopic (exact) mass is 394 g/mol. The van der Waals surface area contributed by atoms with E-state index < -0.39 is 0 Å². The lowest BCUT2D eigenvalue weighted by Crippen LogP contribution is -2.05. The Morgan fingerprint density at radius 3 is 2.79 bits per heavy atom. The molecule has 1 aromatic heterocycles. The van der Waals surface area contributed by atoms with Crippen LogP contribution in [0.1, 0.15) is 19.4 Å². The van der Waals surface area contributed by atoms with Gasteiger partial charge in [0.05, 0.1) is 13.2 Å². The number of rotatable bonds is 7. The highest BCUT2D eigenvalue weighted by molar-refractivity contribution is 7.71. The van der Waals surface area contributed by atoms with Crippen LogP contribution < -0.4 is 9.47 Å². The van der Waals surface area contributed by atoms with E-state index >= 15 is 0 Å². The van der Waals surface area contributed by atoms with E-state index in [2.05, 4.69) is 15.3 Å². The predicted molar refractivity (Wildman–Crippen MR) is 115 cm³/mol. The van der Waals surface area contributed by atoms with Crippen molar-refractivity contribution in [3.63, 3.8) is 0 Å². The van der Waals surface area contributed by atoms with E-state index in [9.17, 15) is 0 Å². The van der Waals surface area contributed by atoms with Crippen LogP contribution in [0.4, 0.5) is 0 Å². The van der Waals surface area contributed by atoms with Gasteiger partial charge in [0.15, 0.2) is 5.82 Å². The zero-order chi connectivity index (χ0) is 19.9. The minimum absolute atomic E-state index is 0.0919. The van der Waals surface area contributed by atoms with Gasteiger partial charge in [-0.25, -0.2) is 5.10 Å². The van der Waals surface area contributed by atoms with Crippen LogP contribution in [0.5, 0.6) is 11.5 Å².